The van der Waals surface area contributed by atoms with E-state index in [1.54, 1.807) is 12.1 Å². The zero-order valence-corrected chi connectivity index (χ0v) is 19.5. The second-order valence-electron chi connectivity index (χ2n) is 9.29. The van der Waals surface area contributed by atoms with E-state index in [4.69, 9.17) is 26.3 Å². The van der Waals surface area contributed by atoms with E-state index in [-0.39, 0.29) is 31.0 Å². The normalized spacial score (nSPS) is 31.0. The molecule has 1 N–H and O–H groups in total. The minimum atomic E-state index is -4.86. The van der Waals surface area contributed by atoms with Gasteiger partial charge in [0.05, 0.1) is 58.1 Å². The number of amides is 2. The number of aliphatic hydroxyl groups excluding tert-OH is 1. The van der Waals surface area contributed by atoms with E-state index >= 15 is 0 Å². The molecule has 1 aromatic carbocycles. The number of aliphatic hydroxyl groups is 1. The molecule has 0 aliphatic carbocycles. The lowest BCUT2D eigenvalue weighted by Gasteiger charge is -2.33. The molecule has 3 aliphatic heterocycles. The van der Waals surface area contributed by atoms with Gasteiger partial charge in [0.1, 0.15) is 5.60 Å². The molecule has 0 saturated carbocycles. The van der Waals surface area contributed by atoms with Gasteiger partial charge in [0.2, 0.25) is 17.7 Å². The van der Waals surface area contributed by atoms with Crippen molar-refractivity contribution in [3.63, 3.8) is 0 Å². The summed E-state index contributed by atoms with van der Waals surface area (Å²) in [5, 5.41) is 20.2. The van der Waals surface area contributed by atoms with Gasteiger partial charge in [-0.2, -0.15) is 18.4 Å². The number of alkyl halides is 3. The highest BCUT2D eigenvalue weighted by Gasteiger charge is 2.77. The summed E-state index contributed by atoms with van der Waals surface area (Å²) in [4.78, 5) is 31.7. The van der Waals surface area contributed by atoms with Gasteiger partial charge in [0.25, 0.3) is 0 Å². The number of benzene rings is 1. The molecule has 2 aromatic rings. The predicted octanol–water partition coefficient (Wildman–Crippen LogP) is 3.49. The van der Waals surface area contributed by atoms with Gasteiger partial charge in [-0.05, 0) is 31.2 Å². The lowest BCUT2D eigenvalue weighted by molar-refractivity contribution is -0.138. The van der Waals surface area contributed by atoms with Gasteiger partial charge in [-0.1, -0.05) is 11.6 Å². The Morgan fingerprint density at radius 3 is 2.64 bits per heavy atom. The fourth-order valence-corrected chi connectivity index (χ4v) is 5.77. The molecule has 8 nitrogen and oxygen atoms in total. The van der Waals surface area contributed by atoms with Crippen molar-refractivity contribution < 1.29 is 37.3 Å². The maximum Gasteiger partial charge on any atom is 0.417 e. The van der Waals surface area contributed by atoms with E-state index in [1.807, 2.05) is 0 Å². The van der Waals surface area contributed by atoms with E-state index < -0.39 is 58.3 Å². The van der Waals surface area contributed by atoms with Crippen molar-refractivity contribution in [2.45, 2.75) is 43.2 Å². The molecule has 3 saturated heterocycles. The molecule has 36 heavy (non-hydrogen) atoms. The summed E-state index contributed by atoms with van der Waals surface area (Å²) in [5.41, 5.74) is -4.82. The zero-order valence-electron chi connectivity index (χ0n) is 18.8. The molecule has 12 heteroatoms. The second kappa shape index (κ2) is 8.16. The second-order valence-corrected chi connectivity index (χ2v) is 9.73. The number of halogens is 4. The molecule has 4 heterocycles. The third-order valence-corrected chi connectivity index (χ3v) is 7.50. The summed E-state index contributed by atoms with van der Waals surface area (Å²) in [5.74, 6) is -3.31. The Bertz CT molecular complexity index is 1300. The predicted molar refractivity (Wildman–Crippen MR) is 118 cm³/mol. The summed E-state index contributed by atoms with van der Waals surface area (Å²) in [6.45, 7) is 1.57. The van der Waals surface area contributed by atoms with Gasteiger partial charge < -0.3 is 14.6 Å². The molecule has 5 atom stereocenters. The molecule has 5 rings (SSSR count). The van der Waals surface area contributed by atoms with Crippen LogP contribution < -0.4 is 9.64 Å². The standard InChI is InChI=1S/C24H19ClF3N3O5/c1-22-16(32)9-23(36-22,6-7-35-17-5-3-13(25)11-30-17)19-18(22)20(33)31(21(19)34)14-4-2-12(10-29)15(8-14)24(26,27)28/h2-5,8,11,16,18-19,32H,6-7,9H2,1H3/t16-,18-,19+,22-,23+/m0/s1. The number of ether oxygens (including phenoxy) is 2. The quantitative estimate of drug-likeness (QED) is 0.599. The van der Waals surface area contributed by atoms with Gasteiger partial charge >= 0.3 is 6.18 Å². The van der Waals surface area contributed by atoms with Gasteiger partial charge in [0.15, 0.2) is 0 Å². The van der Waals surface area contributed by atoms with Crippen LogP contribution in [0.5, 0.6) is 5.88 Å². The van der Waals surface area contributed by atoms with Crippen LogP contribution in [-0.4, -0.2) is 45.8 Å². The number of fused-ring (bicyclic) bond motifs is 5. The van der Waals surface area contributed by atoms with Gasteiger partial charge in [-0.15, -0.1) is 0 Å². The van der Waals surface area contributed by atoms with E-state index in [1.165, 1.54) is 19.2 Å². The van der Waals surface area contributed by atoms with Crippen molar-refractivity contribution in [2.24, 2.45) is 11.8 Å². The third-order valence-electron chi connectivity index (χ3n) is 7.28. The van der Waals surface area contributed by atoms with Crippen molar-refractivity contribution in [3.8, 4) is 11.9 Å². The molecule has 1 aromatic heterocycles. The lowest BCUT2D eigenvalue weighted by Crippen LogP contribution is -2.49. The Kier molecular flexibility index (Phi) is 5.55. The Morgan fingerprint density at radius 2 is 2.00 bits per heavy atom. The molecular formula is C24H19ClF3N3O5. The third kappa shape index (κ3) is 3.55. The fraction of sp³-hybridized carbons (Fsp3) is 0.417. The Hall–Kier alpha value is -3.20. The molecule has 0 unspecified atom stereocenters. The highest BCUT2D eigenvalue weighted by molar-refractivity contribution is 6.30. The average Bonchev–Trinajstić information content (AvgIpc) is 3.35. The van der Waals surface area contributed by atoms with Crippen molar-refractivity contribution >= 4 is 29.1 Å². The number of pyridine rings is 1. The molecule has 3 aliphatic rings. The summed E-state index contributed by atoms with van der Waals surface area (Å²) >= 11 is 5.82. The smallest absolute Gasteiger partial charge is 0.417 e. The van der Waals surface area contributed by atoms with Crippen LogP contribution in [0.1, 0.15) is 30.9 Å². The van der Waals surface area contributed by atoms with E-state index in [0.717, 1.165) is 12.1 Å². The van der Waals surface area contributed by atoms with Crippen LogP contribution in [0.4, 0.5) is 18.9 Å². The number of aromatic nitrogens is 1. The summed E-state index contributed by atoms with van der Waals surface area (Å²) in [6, 6.07) is 7.31. The largest absolute Gasteiger partial charge is 0.478 e. The molecule has 3 fully saturated rings. The van der Waals surface area contributed by atoms with Crippen LogP contribution in [0.2, 0.25) is 5.02 Å². The van der Waals surface area contributed by atoms with Crippen LogP contribution in [0.3, 0.4) is 0 Å². The van der Waals surface area contributed by atoms with Gasteiger partial charge in [-0.3, -0.25) is 9.59 Å². The Balaban J connectivity index is 1.46. The number of hydrogen-bond acceptors (Lipinski definition) is 7. The first kappa shape index (κ1) is 24.5. The van der Waals surface area contributed by atoms with Crippen LogP contribution in [-0.2, 0) is 20.5 Å². The molecule has 2 bridgehead atoms. The van der Waals surface area contributed by atoms with Gasteiger partial charge in [0, 0.05) is 25.1 Å². The van der Waals surface area contributed by atoms with Crippen LogP contribution in [0.25, 0.3) is 0 Å². The number of hydrogen-bond donors (Lipinski definition) is 1. The van der Waals surface area contributed by atoms with Crippen molar-refractivity contribution in [1.82, 2.24) is 4.98 Å². The number of anilines is 1. The first-order chi connectivity index (χ1) is 16.9. The van der Waals surface area contributed by atoms with E-state index in [0.29, 0.717) is 16.0 Å². The van der Waals surface area contributed by atoms with Crippen LogP contribution in [0, 0.1) is 23.2 Å². The molecule has 188 valence electrons. The maximum atomic E-state index is 13.6. The Labute approximate surface area is 208 Å². The summed E-state index contributed by atoms with van der Waals surface area (Å²) < 4.78 is 52.4. The van der Waals surface area contributed by atoms with E-state index in [9.17, 15) is 27.9 Å². The van der Waals surface area contributed by atoms with Crippen molar-refractivity contribution in [3.05, 3.63) is 52.7 Å². The SMILES string of the molecule is C[C@]12O[C@](CCOc3ccc(Cl)cn3)(C[C@@H]1O)[C@H]1C(=O)N(c3ccc(C#N)c(C(F)(F)F)c3)C(=O)[C@H]12. The van der Waals surface area contributed by atoms with Crippen molar-refractivity contribution in [1.29, 1.82) is 5.26 Å². The first-order valence-electron chi connectivity index (χ1n) is 11.0. The summed E-state index contributed by atoms with van der Waals surface area (Å²) in [6.07, 6.45) is -4.36. The minimum absolute atomic E-state index is 0.0389. The number of nitriles is 1. The fourth-order valence-electron chi connectivity index (χ4n) is 5.66. The molecule has 2 amide bonds. The summed E-state index contributed by atoms with van der Waals surface area (Å²) in [7, 11) is 0. The maximum absolute atomic E-state index is 13.6. The topological polar surface area (TPSA) is 113 Å². The number of nitrogens with zero attached hydrogens (tertiary/aromatic N) is 3. The van der Waals surface area contributed by atoms with Crippen LogP contribution >= 0.6 is 11.6 Å². The minimum Gasteiger partial charge on any atom is -0.478 e. The average molecular weight is 522 g/mol. The number of imide groups is 1. The first-order valence-corrected chi connectivity index (χ1v) is 11.4. The molecule has 0 spiro atoms. The number of rotatable bonds is 5. The number of carbonyl (C=O) groups excluding carboxylic acids is 2. The zero-order chi connectivity index (χ0) is 26.0. The highest BCUT2D eigenvalue weighted by atomic mass is 35.5. The Morgan fingerprint density at radius 1 is 1.28 bits per heavy atom. The van der Waals surface area contributed by atoms with Crippen LogP contribution in [0.15, 0.2) is 36.5 Å². The molecular weight excluding hydrogens is 503 g/mol. The van der Waals surface area contributed by atoms with E-state index in [2.05, 4.69) is 4.98 Å². The lowest BCUT2D eigenvalue weighted by atomic mass is 9.66. The van der Waals surface area contributed by atoms with Gasteiger partial charge in [-0.25, -0.2) is 9.88 Å². The highest BCUT2D eigenvalue weighted by Crippen LogP contribution is 2.62. The molecule has 0 radical (unpaired) electrons. The van der Waals surface area contributed by atoms with Crippen molar-refractivity contribution in [2.75, 3.05) is 11.5 Å². The number of carbonyl (C=O) groups is 2. The monoisotopic (exact) mass is 521 g/mol.